The number of nitrogen functional groups attached to an aromatic ring is 1. The zero-order valence-corrected chi connectivity index (χ0v) is 41.6. The second-order valence-corrected chi connectivity index (χ2v) is 19.7. The molecule has 0 amide bonds. The van der Waals surface area contributed by atoms with E-state index in [0.717, 1.165) is 99.5 Å². The molecular weight excluding hydrogens is 951 g/mol. The average molecular weight is 994 g/mol. The number of hydrogen-bond acceptors (Lipinski definition) is 8. The molecule has 76 heavy (non-hydrogen) atoms. The highest BCUT2D eigenvalue weighted by atomic mass is 32.2. The smallest absolute Gasteiger partial charge is 0.166 e. The van der Waals surface area contributed by atoms with Crippen molar-refractivity contribution in [3.05, 3.63) is 249 Å². The highest BCUT2D eigenvalue weighted by Crippen LogP contribution is 2.53. The van der Waals surface area contributed by atoms with Crippen LogP contribution in [0.15, 0.2) is 259 Å². The maximum Gasteiger partial charge on any atom is 0.166 e. The fraction of sp³-hybridized carbons (Fsp3) is 0. The molecule has 0 bridgehead atoms. The van der Waals surface area contributed by atoms with Gasteiger partial charge in [-0.1, -0.05) is 194 Å². The number of ether oxygens (including phenoxy) is 1. The quantitative estimate of drug-likeness (QED) is 0.143. The molecule has 358 valence electrons. The average Bonchev–Trinajstić information content (AvgIpc) is 3.83. The fourth-order valence-corrected chi connectivity index (χ4v) is 11.3. The number of aromatic nitrogens is 6. The van der Waals surface area contributed by atoms with Crippen LogP contribution >= 0.6 is 11.8 Å². The van der Waals surface area contributed by atoms with Crippen LogP contribution in [0.25, 0.3) is 118 Å². The van der Waals surface area contributed by atoms with Crippen molar-refractivity contribution in [2.45, 2.75) is 9.79 Å². The van der Waals surface area contributed by atoms with E-state index >= 15 is 0 Å². The van der Waals surface area contributed by atoms with E-state index in [1.54, 1.807) is 11.8 Å². The van der Waals surface area contributed by atoms with Crippen LogP contribution in [0.5, 0.6) is 11.5 Å². The summed E-state index contributed by atoms with van der Waals surface area (Å²) in [6, 6.07) is 85.1. The van der Waals surface area contributed by atoms with Crippen molar-refractivity contribution in [3.8, 4) is 108 Å². The normalized spacial score (nSPS) is 11.8. The lowest BCUT2D eigenvalue weighted by Gasteiger charge is -2.24. The van der Waals surface area contributed by atoms with Crippen molar-refractivity contribution in [1.29, 1.82) is 0 Å². The van der Waals surface area contributed by atoms with Gasteiger partial charge >= 0.3 is 0 Å². The van der Waals surface area contributed by atoms with Crippen LogP contribution in [0.3, 0.4) is 0 Å². The Kier molecular flexibility index (Phi) is 11.1. The second kappa shape index (κ2) is 18.8. The fourth-order valence-electron chi connectivity index (χ4n) is 10.2. The van der Waals surface area contributed by atoms with Gasteiger partial charge in [0.05, 0.1) is 32.2 Å². The lowest BCUT2D eigenvalue weighted by atomic mass is 9.95. The highest BCUT2D eigenvalue weighted by Gasteiger charge is 2.26. The first-order valence-electron chi connectivity index (χ1n) is 25.1. The maximum atomic E-state index is 7.06. The Bertz CT molecular complexity index is 4320. The summed E-state index contributed by atoms with van der Waals surface area (Å²) < 4.78 is 9.40. The SMILES string of the molecule is Nc1ccccc1-c1nc(-c2ccccc2)nc(-c2cc(-c3nc(-c4ccccc4)cc(-c4cccc(-c5ccccc5)c4)n3)ccc2-c2cccc3c2Oc2ccc(-n4c5ccccc5c5ccccc54)cc2S3)n1. The lowest BCUT2D eigenvalue weighted by molar-refractivity contribution is 0.456. The Balaban J connectivity index is 0.948. The molecule has 0 atom stereocenters. The monoisotopic (exact) mass is 993 g/mol. The molecule has 1 aliphatic heterocycles. The molecule has 3 aromatic heterocycles. The van der Waals surface area contributed by atoms with Crippen LogP contribution in [-0.4, -0.2) is 29.5 Å². The molecule has 9 heteroatoms. The largest absolute Gasteiger partial charge is 0.454 e. The number of hydrogen-bond donors (Lipinski definition) is 1. The molecule has 1 aliphatic rings. The van der Waals surface area contributed by atoms with E-state index in [0.29, 0.717) is 34.5 Å². The summed E-state index contributed by atoms with van der Waals surface area (Å²) in [6.07, 6.45) is 0. The van der Waals surface area contributed by atoms with Crippen LogP contribution in [0.4, 0.5) is 5.69 Å². The third-order valence-electron chi connectivity index (χ3n) is 13.9. The molecule has 0 unspecified atom stereocenters. The van der Waals surface area contributed by atoms with Gasteiger partial charge in [-0.05, 0) is 83.4 Å². The Morgan fingerprint density at radius 3 is 1.64 bits per heavy atom. The number of benzene rings is 10. The summed E-state index contributed by atoms with van der Waals surface area (Å²) in [5, 5.41) is 2.43. The summed E-state index contributed by atoms with van der Waals surface area (Å²) in [6.45, 7) is 0. The minimum absolute atomic E-state index is 0.455. The molecule has 0 fully saturated rings. The Labute approximate surface area is 442 Å². The van der Waals surface area contributed by atoms with Crippen molar-refractivity contribution in [2.75, 3.05) is 5.73 Å². The van der Waals surface area contributed by atoms with Gasteiger partial charge in [-0.25, -0.2) is 24.9 Å². The van der Waals surface area contributed by atoms with Gasteiger partial charge < -0.3 is 15.0 Å². The van der Waals surface area contributed by atoms with Crippen LogP contribution in [-0.2, 0) is 0 Å². The third kappa shape index (κ3) is 8.12. The van der Waals surface area contributed by atoms with E-state index in [1.807, 2.05) is 78.9 Å². The number of rotatable bonds is 9. The zero-order chi connectivity index (χ0) is 50.5. The zero-order valence-electron chi connectivity index (χ0n) is 40.7. The first-order valence-corrected chi connectivity index (χ1v) is 25.9. The second-order valence-electron chi connectivity index (χ2n) is 18.6. The number of para-hydroxylation sites is 4. The summed E-state index contributed by atoms with van der Waals surface area (Å²) >= 11 is 1.70. The van der Waals surface area contributed by atoms with Crippen LogP contribution in [0.2, 0.25) is 0 Å². The number of nitrogens with two attached hydrogens (primary N) is 1. The van der Waals surface area contributed by atoms with Gasteiger partial charge in [0.2, 0.25) is 0 Å². The van der Waals surface area contributed by atoms with E-state index in [-0.39, 0.29) is 0 Å². The molecule has 4 heterocycles. The molecule has 10 aromatic carbocycles. The molecule has 0 aliphatic carbocycles. The number of nitrogens with zero attached hydrogens (tertiary/aromatic N) is 6. The van der Waals surface area contributed by atoms with E-state index < -0.39 is 0 Å². The molecule has 0 saturated carbocycles. The van der Waals surface area contributed by atoms with E-state index in [1.165, 1.54) is 10.8 Å². The number of anilines is 1. The van der Waals surface area contributed by atoms with E-state index in [4.69, 9.17) is 35.4 Å². The van der Waals surface area contributed by atoms with Crippen molar-refractivity contribution in [2.24, 2.45) is 0 Å². The first kappa shape index (κ1) is 44.7. The molecule has 14 rings (SSSR count). The standard InChI is InChI=1S/C67H43N7OS/c68-55-30-13-10-28-53(55)66-71-64(44-22-8-3-9-23-44)72-67(73-66)54-39-47(65-69-56(43-20-6-2-7-21-43)41-57(70-65)46-25-16-24-45(38-46)42-18-4-1-5-19-42)34-36-49(54)52-29-17-33-61-63(52)75-60-37-35-48(40-62(60)76-61)74-58-31-14-11-26-50(58)51-27-12-15-32-59(51)74/h1-41H,68H2. The predicted molar refractivity (Wildman–Crippen MR) is 308 cm³/mol. The Morgan fingerprint density at radius 2 is 0.908 bits per heavy atom. The van der Waals surface area contributed by atoms with Crippen molar-refractivity contribution in [1.82, 2.24) is 29.5 Å². The van der Waals surface area contributed by atoms with E-state index in [2.05, 4.69) is 174 Å². The molecule has 0 spiro atoms. The topological polar surface area (TPSA) is 105 Å². The molecule has 13 aromatic rings. The Morgan fingerprint density at radius 1 is 0.342 bits per heavy atom. The van der Waals surface area contributed by atoms with Crippen LogP contribution in [0, 0.1) is 0 Å². The van der Waals surface area contributed by atoms with Crippen molar-refractivity contribution < 1.29 is 4.74 Å². The predicted octanol–water partition coefficient (Wildman–Crippen LogP) is 16.9. The van der Waals surface area contributed by atoms with E-state index in [9.17, 15) is 0 Å². The number of fused-ring (bicyclic) bond motifs is 5. The van der Waals surface area contributed by atoms with Crippen LogP contribution in [0.1, 0.15) is 0 Å². The molecule has 0 radical (unpaired) electrons. The molecule has 0 saturated heterocycles. The third-order valence-corrected chi connectivity index (χ3v) is 15.0. The van der Waals surface area contributed by atoms with Crippen LogP contribution < -0.4 is 10.5 Å². The maximum absolute atomic E-state index is 7.06. The van der Waals surface area contributed by atoms with Crippen molar-refractivity contribution in [3.63, 3.8) is 0 Å². The minimum Gasteiger partial charge on any atom is -0.454 e. The van der Waals surface area contributed by atoms with Gasteiger partial charge in [-0.2, -0.15) is 0 Å². The summed E-state index contributed by atoms with van der Waals surface area (Å²) in [5.74, 6) is 3.49. The van der Waals surface area contributed by atoms with Gasteiger partial charge in [-0.3, -0.25) is 0 Å². The minimum atomic E-state index is 0.455. The van der Waals surface area contributed by atoms with Gasteiger partial charge in [0.15, 0.2) is 23.3 Å². The summed E-state index contributed by atoms with van der Waals surface area (Å²) in [4.78, 5) is 28.3. The van der Waals surface area contributed by atoms with Gasteiger partial charge in [0.25, 0.3) is 0 Å². The Hall–Kier alpha value is -9.96. The van der Waals surface area contributed by atoms with Gasteiger partial charge in [0.1, 0.15) is 11.5 Å². The molecule has 8 nitrogen and oxygen atoms in total. The molecular formula is C67H43N7OS. The van der Waals surface area contributed by atoms with Crippen molar-refractivity contribution >= 4 is 39.3 Å². The first-order chi connectivity index (χ1) is 37.6. The lowest BCUT2D eigenvalue weighted by Crippen LogP contribution is -2.04. The summed E-state index contributed by atoms with van der Waals surface area (Å²) in [5.41, 5.74) is 21.2. The van der Waals surface area contributed by atoms with Gasteiger partial charge in [-0.15, -0.1) is 0 Å². The highest BCUT2D eigenvalue weighted by molar-refractivity contribution is 7.99. The molecule has 2 N–H and O–H groups in total. The summed E-state index contributed by atoms with van der Waals surface area (Å²) in [7, 11) is 0. The van der Waals surface area contributed by atoms with Gasteiger partial charge in [0, 0.05) is 61.1 Å².